The van der Waals surface area contributed by atoms with E-state index >= 15 is 0 Å². The molecular weight excluding hydrogens is 270 g/mol. The first-order valence-corrected chi connectivity index (χ1v) is 6.53. The van der Waals surface area contributed by atoms with E-state index in [0.717, 1.165) is 12.2 Å². The highest BCUT2D eigenvalue weighted by atomic mass is 16.5. The molecule has 2 rings (SSSR count). The number of nitrogen functional groups attached to an aromatic ring is 1. The molecule has 0 aliphatic carbocycles. The summed E-state index contributed by atoms with van der Waals surface area (Å²) in [5, 5.41) is 6.23. The zero-order valence-electron chi connectivity index (χ0n) is 12.3. The van der Waals surface area contributed by atoms with Crippen LogP contribution in [0.4, 0.5) is 23.0 Å². The highest BCUT2D eigenvalue weighted by Gasteiger charge is 2.11. The second kappa shape index (κ2) is 6.65. The quantitative estimate of drug-likeness (QED) is 0.750. The normalized spacial score (nSPS) is 10.0. The van der Waals surface area contributed by atoms with Gasteiger partial charge < -0.3 is 25.8 Å². The van der Waals surface area contributed by atoms with Gasteiger partial charge in [-0.3, -0.25) is 0 Å². The molecule has 0 radical (unpaired) electrons. The number of hydrogen-bond donors (Lipinski definition) is 3. The van der Waals surface area contributed by atoms with Gasteiger partial charge in [-0.2, -0.15) is 0 Å². The van der Waals surface area contributed by atoms with E-state index in [9.17, 15) is 0 Å². The predicted octanol–water partition coefficient (Wildman–Crippen LogP) is 2.25. The summed E-state index contributed by atoms with van der Waals surface area (Å²) in [6.07, 6.45) is 1.45. The van der Waals surface area contributed by atoms with Gasteiger partial charge in [-0.25, -0.2) is 9.97 Å². The topological polar surface area (TPSA) is 94.3 Å². The fraction of sp³-hybridized carbons (Fsp3) is 0.286. The molecule has 1 aromatic heterocycles. The molecule has 2 aromatic rings. The van der Waals surface area contributed by atoms with Crippen molar-refractivity contribution in [3.63, 3.8) is 0 Å². The fourth-order valence-electron chi connectivity index (χ4n) is 1.83. The smallest absolute Gasteiger partial charge is 0.159 e. The molecule has 1 aromatic carbocycles. The van der Waals surface area contributed by atoms with E-state index in [-0.39, 0.29) is 0 Å². The van der Waals surface area contributed by atoms with Crippen LogP contribution in [0.5, 0.6) is 11.5 Å². The summed E-state index contributed by atoms with van der Waals surface area (Å²) >= 11 is 0. The predicted molar refractivity (Wildman–Crippen MR) is 83.4 cm³/mol. The number of nitrogens with one attached hydrogen (secondary N) is 2. The Labute approximate surface area is 123 Å². The van der Waals surface area contributed by atoms with Crippen LogP contribution in [0.15, 0.2) is 24.5 Å². The van der Waals surface area contributed by atoms with Gasteiger partial charge in [0.05, 0.1) is 19.9 Å². The van der Waals surface area contributed by atoms with Gasteiger partial charge >= 0.3 is 0 Å². The monoisotopic (exact) mass is 289 g/mol. The van der Waals surface area contributed by atoms with Gasteiger partial charge in [0.15, 0.2) is 11.6 Å². The maximum Gasteiger partial charge on any atom is 0.159 e. The molecular formula is C14H19N5O2. The maximum absolute atomic E-state index is 6.05. The van der Waals surface area contributed by atoms with Crippen molar-refractivity contribution in [1.82, 2.24) is 9.97 Å². The molecule has 21 heavy (non-hydrogen) atoms. The van der Waals surface area contributed by atoms with E-state index in [1.165, 1.54) is 6.33 Å². The molecule has 1 heterocycles. The van der Waals surface area contributed by atoms with Crippen molar-refractivity contribution >= 4 is 23.0 Å². The van der Waals surface area contributed by atoms with Crippen LogP contribution in [0, 0.1) is 0 Å². The summed E-state index contributed by atoms with van der Waals surface area (Å²) in [6.45, 7) is 2.70. The van der Waals surface area contributed by atoms with E-state index in [1.54, 1.807) is 20.3 Å². The second-order valence-corrected chi connectivity index (χ2v) is 4.21. The minimum absolute atomic E-state index is 0.456. The van der Waals surface area contributed by atoms with Crippen molar-refractivity contribution < 1.29 is 9.47 Å². The lowest BCUT2D eigenvalue weighted by atomic mass is 10.2. The number of hydrogen-bond acceptors (Lipinski definition) is 7. The van der Waals surface area contributed by atoms with Crippen LogP contribution in [0.2, 0.25) is 0 Å². The van der Waals surface area contributed by atoms with Crippen molar-refractivity contribution in [3.05, 3.63) is 24.5 Å². The van der Waals surface area contributed by atoms with Crippen molar-refractivity contribution in [3.8, 4) is 11.5 Å². The van der Waals surface area contributed by atoms with Crippen LogP contribution in [0.3, 0.4) is 0 Å². The Kier molecular flexibility index (Phi) is 4.65. The largest absolute Gasteiger partial charge is 0.497 e. The molecule has 0 fully saturated rings. The van der Waals surface area contributed by atoms with Crippen LogP contribution in [0.1, 0.15) is 6.92 Å². The van der Waals surface area contributed by atoms with Crippen LogP contribution in [-0.4, -0.2) is 30.7 Å². The first-order valence-electron chi connectivity index (χ1n) is 6.53. The van der Waals surface area contributed by atoms with Crippen molar-refractivity contribution in [2.75, 3.05) is 37.1 Å². The van der Waals surface area contributed by atoms with Crippen LogP contribution in [-0.2, 0) is 0 Å². The lowest BCUT2D eigenvalue weighted by molar-refractivity contribution is 0.395. The van der Waals surface area contributed by atoms with Gasteiger partial charge in [-0.15, -0.1) is 0 Å². The third-order valence-corrected chi connectivity index (χ3v) is 2.89. The Morgan fingerprint density at radius 2 is 1.90 bits per heavy atom. The number of nitrogens with two attached hydrogens (primary N) is 1. The summed E-state index contributed by atoms with van der Waals surface area (Å²) < 4.78 is 10.5. The first kappa shape index (κ1) is 14.7. The molecule has 7 heteroatoms. The average molecular weight is 289 g/mol. The Morgan fingerprint density at radius 1 is 1.14 bits per heavy atom. The third-order valence-electron chi connectivity index (χ3n) is 2.89. The maximum atomic E-state index is 6.05. The van der Waals surface area contributed by atoms with Crippen molar-refractivity contribution in [1.29, 1.82) is 0 Å². The van der Waals surface area contributed by atoms with Crippen molar-refractivity contribution in [2.45, 2.75) is 6.92 Å². The lowest BCUT2D eigenvalue weighted by Crippen LogP contribution is -2.07. The molecule has 0 bridgehead atoms. The van der Waals surface area contributed by atoms with Crippen LogP contribution < -0.4 is 25.8 Å². The Hall–Kier alpha value is -2.70. The van der Waals surface area contributed by atoms with Gasteiger partial charge in [0.2, 0.25) is 0 Å². The number of rotatable bonds is 6. The zero-order valence-corrected chi connectivity index (χ0v) is 12.3. The molecule has 0 aliphatic rings. The van der Waals surface area contributed by atoms with Gasteiger partial charge in [0, 0.05) is 12.6 Å². The minimum atomic E-state index is 0.456. The Bertz CT molecular complexity index is 618. The van der Waals surface area contributed by atoms with Gasteiger partial charge in [-0.1, -0.05) is 0 Å². The van der Waals surface area contributed by atoms with Crippen LogP contribution >= 0.6 is 0 Å². The van der Waals surface area contributed by atoms with Gasteiger partial charge in [0.1, 0.15) is 23.5 Å². The summed E-state index contributed by atoms with van der Waals surface area (Å²) in [6, 6.07) is 5.45. The van der Waals surface area contributed by atoms with Gasteiger partial charge in [-0.05, 0) is 19.1 Å². The molecule has 0 unspecified atom stereocenters. The highest BCUT2D eigenvalue weighted by Crippen LogP contribution is 2.33. The van der Waals surface area contributed by atoms with E-state index in [0.29, 0.717) is 28.8 Å². The second-order valence-electron chi connectivity index (χ2n) is 4.21. The molecule has 0 saturated heterocycles. The number of anilines is 4. The zero-order chi connectivity index (χ0) is 15.2. The molecule has 0 aliphatic heterocycles. The van der Waals surface area contributed by atoms with Crippen molar-refractivity contribution in [2.24, 2.45) is 0 Å². The number of nitrogens with zero attached hydrogens (tertiary/aromatic N) is 2. The molecule has 0 atom stereocenters. The van der Waals surface area contributed by atoms with Gasteiger partial charge in [0.25, 0.3) is 0 Å². The summed E-state index contributed by atoms with van der Waals surface area (Å²) in [5.74, 6) is 2.46. The lowest BCUT2D eigenvalue weighted by Gasteiger charge is -2.14. The molecule has 0 saturated carbocycles. The molecule has 7 nitrogen and oxygen atoms in total. The number of aromatic nitrogens is 2. The highest BCUT2D eigenvalue weighted by molar-refractivity contribution is 5.79. The average Bonchev–Trinajstić information content (AvgIpc) is 2.51. The van der Waals surface area contributed by atoms with E-state index in [1.807, 2.05) is 19.1 Å². The third kappa shape index (κ3) is 3.25. The SMILES string of the molecule is CCNc1ncnc(Nc2ccc(OC)cc2OC)c1N. The summed E-state index contributed by atoms with van der Waals surface area (Å²) in [7, 11) is 3.19. The fourth-order valence-corrected chi connectivity index (χ4v) is 1.83. The van der Waals surface area contributed by atoms with E-state index < -0.39 is 0 Å². The minimum Gasteiger partial charge on any atom is -0.497 e. The molecule has 0 amide bonds. The summed E-state index contributed by atoms with van der Waals surface area (Å²) in [4.78, 5) is 8.26. The van der Waals surface area contributed by atoms with Crippen LogP contribution in [0.25, 0.3) is 0 Å². The number of methoxy groups -OCH3 is 2. The van der Waals surface area contributed by atoms with E-state index in [4.69, 9.17) is 15.2 Å². The standard InChI is InChI=1S/C14H19N5O2/c1-4-16-13-12(15)14(18-8-17-13)19-10-6-5-9(20-2)7-11(10)21-3/h5-8H,4,15H2,1-3H3,(H2,16,17,18,19). The molecule has 0 spiro atoms. The number of ether oxygens (including phenoxy) is 2. The molecule has 4 N–H and O–H groups in total. The molecule has 112 valence electrons. The summed E-state index contributed by atoms with van der Waals surface area (Å²) in [5.41, 5.74) is 7.25. The first-order chi connectivity index (χ1) is 10.2. The Balaban J connectivity index is 2.32. The van der Waals surface area contributed by atoms with E-state index in [2.05, 4.69) is 20.6 Å². The number of benzene rings is 1. The Morgan fingerprint density at radius 3 is 2.57 bits per heavy atom.